The fraction of sp³-hybridized carbons (Fsp3) is 0.471. The van der Waals surface area contributed by atoms with Crippen molar-refractivity contribution in [2.45, 2.75) is 38.5 Å². The molecule has 0 radical (unpaired) electrons. The number of hydrogen-bond donors (Lipinski definition) is 1. The van der Waals surface area contributed by atoms with Crippen LogP contribution in [0.1, 0.15) is 20.3 Å². The molecule has 1 fully saturated rings. The zero-order valence-corrected chi connectivity index (χ0v) is 16.0. The topological polar surface area (TPSA) is 113 Å². The van der Waals surface area contributed by atoms with Crippen LogP contribution in [-0.4, -0.2) is 37.4 Å². The van der Waals surface area contributed by atoms with Crippen molar-refractivity contribution in [2.75, 3.05) is 13.2 Å². The van der Waals surface area contributed by atoms with Crippen LogP contribution >= 0.6 is 7.75 Å². The number of benzene rings is 1. The number of rotatable bonds is 10. The van der Waals surface area contributed by atoms with Crippen LogP contribution in [0, 0.1) is 4.91 Å². The van der Waals surface area contributed by atoms with Gasteiger partial charge >= 0.3 is 13.7 Å². The molecule has 1 N–H and O–H groups in total. The first-order valence-electron chi connectivity index (χ1n) is 8.50. The average molecular weight is 398 g/mol. The van der Waals surface area contributed by atoms with Crippen molar-refractivity contribution in [3.63, 3.8) is 0 Å². The van der Waals surface area contributed by atoms with Crippen LogP contribution < -0.4 is 9.61 Å². The molecule has 148 valence electrons. The molecule has 27 heavy (non-hydrogen) atoms. The molecule has 0 spiro atoms. The largest absolute Gasteiger partial charge is 0.512 e. The molecule has 1 heterocycles. The van der Waals surface area contributed by atoms with E-state index in [0.29, 0.717) is 18.8 Å². The normalized spacial score (nSPS) is 21.7. The van der Waals surface area contributed by atoms with Crippen molar-refractivity contribution in [2.24, 2.45) is 5.18 Å². The van der Waals surface area contributed by atoms with E-state index in [1.54, 1.807) is 44.2 Å². The molecule has 0 saturated carbocycles. The smallest absolute Gasteiger partial charge is 0.462 e. The molecular weight excluding hydrogens is 375 g/mol. The van der Waals surface area contributed by atoms with Gasteiger partial charge in [-0.1, -0.05) is 23.4 Å². The lowest BCUT2D eigenvalue weighted by atomic mass is 10.1. The maximum Gasteiger partial charge on any atom is 0.512 e. The molecule has 1 aliphatic rings. The minimum absolute atomic E-state index is 0.295. The Bertz CT molecular complexity index is 696. The molecule has 0 amide bonds. The molecule has 1 unspecified atom stereocenters. The number of ether oxygens (including phenoxy) is 2. The standard InChI is InChI=1S/C17H23N2O7P/c1-13(2)25-17(20)12-18-27(22,26-14-6-4-3-5-7-14)24-11-9-16-15(19-21)8-10-23-16/h3-7,9,11,13,15-16H,8,10,12H2,1-2H3,(H,18,22)/t15-,16+,27?/m0/s1. The summed E-state index contributed by atoms with van der Waals surface area (Å²) in [6, 6.07) is 7.86. The number of hydrogen-bond acceptors (Lipinski definition) is 8. The highest BCUT2D eigenvalue weighted by atomic mass is 31.2. The number of esters is 1. The molecule has 0 bridgehead atoms. The summed E-state index contributed by atoms with van der Waals surface area (Å²) in [5.74, 6) is -0.303. The summed E-state index contributed by atoms with van der Waals surface area (Å²) in [6.07, 6.45) is 2.21. The van der Waals surface area contributed by atoms with Crippen molar-refractivity contribution in [1.82, 2.24) is 5.09 Å². The van der Waals surface area contributed by atoms with E-state index in [-0.39, 0.29) is 12.6 Å². The molecule has 0 aliphatic carbocycles. The van der Waals surface area contributed by atoms with Gasteiger partial charge in [-0.3, -0.25) is 4.79 Å². The fourth-order valence-electron chi connectivity index (χ4n) is 2.27. The first-order valence-corrected chi connectivity index (χ1v) is 10.0. The summed E-state index contributed by atoms with van der Waals surface area (Å²) in [4.78, 5) is 22.5. The van der Waals surface area contributed by atoms with Gasteiger partial charge in [0, 0.05) is 6.61 Å². The second-order valence-corrected chi connectivity index (χ2v) is 7.71. The monoisotopic (exact) mass is 398 g/mol. The molecule has 1 saturated heterocycles. The maximum atomic E-state index is 13.0. The molecule has 3 atom stereocenters. The summed E-state index contributed by atoms with van der Waals surface area (Å²) in [5, 5.41) is 5.44. The summed E-state index contributed by atoms with van der Waals surface area (Å²) >= 11 is 0. The van der Waals surface area contributed by atoms with Gasteiger partial charge in [0.15, 0.2) is 0 Å². The summed E-state index contributed by atoms with van der Waals surface area (Å²) in [5.41, 5.74) is 0. The van der Waals surface area contributed by atoms with Crippen molar-refractivity contribution >= 4 is 13.7 Å². The highest BCUT2D eigenvalue weighted by Gasteiger charge is 2.30. The number of nitroso groups, excluding NO2 is 1. The van der Waals surface area contributed by atoms with Gasteiger partial charge in [0.05, 0.1) is 12.4 Å². The third-order valence-electron chi connectivity index (χ3n) is 3.46. The van der Waals surface area contributed by atoms with Crippen molar-refractivity contribution in [3.05, 3.63) is 47.6 Å². The Morgan fingerprint density at radius 1 is 1.41 bits per heavy atom. The highest BCUT2D eigenvalue weighted by molar-refractivity contribution is 7.52. The molecule has 10 heteroatoms. The van der Waals surface area contributed by atoms with E-state index in [1.807, 2.05) is 0 Å². The van der Waals surface area contributed by atoms with Crippen molar-refractivity contribution in [1.29, 1.82) is 0 Å². The Morgan fingerprint density at radius 3 is 2.81 bits per heavy atom. The van der Waals surface area contributed by atoms with Crippen molar-refractivity contribution in [3.8, 4) is 5.75 Å². The van der Waals surface area contributed by atoms with Crippen LogP contribution in [0.2, 0.25) is 0 Å². The summed E-state index contributed by atoms with van der Waals surface area (Å²) in [7, 11) is -3.93. The van der Waals surface area contributed by atoms with E-state index < -0.39 is 25.9 Å². The second-order valence-electron chi connectivity index (χ2n) is 6.01. The molecule has 1 aliphatic heterocycles. The first-order chi connectivity index (χ1) is 12.9. The Morgan fingerprint density at radius 2 is 2.15 bits per heavy atom. The van der Waals surface area contributed by atoms with Crippen LogP contribution in [0.3, 0.4) is 0 Å². The SMILES string of the molecule is CC(C)OC(=O)CNP(=O)(OC=C[C@H]1OCC[C@@H]1N=O)Oc1ccccc1. The molecule has 0 aromatic heterocycles. The van der Waals surface area contributed by atoms with Crippen LogP contribution in [0.5, 0.6) is 5.75 Å². The van der Waals surface area contributed by atoms with Gasteiger partial charge in [0.2, 0.25) is 0 Å². The van der Waals surface area contributed by atoms with Crippen molar-refractivity contribution < 1.29 is 27.9 Å². The van der Waals surface area contributed by atoms with Gasteiger partial charge in [0.25, 0.3) is 0 Å². The lowest BCUT2D eigenvalue weighted by molar-refractivity contribution is -0.145. The first kappa shape index (κ1) is 21.1. The Hall–Kier alpha value is -2.22. The Kier molecular flexibility index (Phi) is 7.97. The van der Waals surface area contributed by atoms with Gasteiger partial charge in [0.1, 0.15) is 24.4 Å². The number of carbonyl (C=O) groups is 1. The maximum absolute atomic E-state index is 13.0. The van der Waals surface area contributed by atoms with E-state index in [2.05, 4.69) is 10.3 Å². The second kappa shape index (κ2) is 10.2. The summed E-state index contributed by atoms with van der Waals surface area (Å²) in [6.45, 7) is 3.45. The van der Waals surface area contributed by atoms with E-state index in [0.717, 1.165) is 6.26 Å². The molecule has 1 aromatic rings. The predicted octanol–water partition coefficient (Wildman–Crippen LogP) is 3.17. The van der Waals surface area contributed by atoms with Crippen LogP contribution in [0.4, 0.5) is 0 Å². The number of nitrogens with zero attached hydrogens (tertiary/aromatic N) is 1. The number of carbonyl (C=O) groups excluding carboxylic acids is 1. The minimum atomic E-state index is -3.93. The van der Waals surface area contributed by atoms with Crippen LogP contribution in [0.15, 0.2) is 47.8 Å². The zero-order chi connectivity index (χ0) is 19.7. The molecular formula is C17H23N2O7P. The Labute approximate surface area is 157 Å². The third-order valence-corrected chi connectivity index (χ3v) is 4.86. The van der Waals surface area contributed by atoms with Gasteiger partial charge in [-0.2, -0.15) is 9.99 Å². The quantitative estimate of drug-likeness (QED) is 0.277. The number of nitrogens with one attached hydrogen (secondary N) is 1. The molecule has 1 aromatic carbocycles. The van der Waals surface area contributed by atoms with Gasteiger partial charge in [-0.25, -0.2) is 4.57 Å². The minimum Gasteiger partial charge on any atom is -0.462 e. The lowest BCUT2D eigenvalue weighted by Crippen LogP contribution is -2.26. The van der Waals surface area contributed by atoms with Gasteiger partial charge < -0.3 is 18.5 Å². The van der Waals surface area contributed by atoms with Crippen LogP contribution in [-0.2, 0) is 23.4 Å². The molecule has 9 nitrogen and oxygen atoms in total. The highest BCUT2D eigenvalue weighted by Crippen LogP contribution is 2.44. The number of para-hydroxylation sites is 1. The average Bonchev–Trinajstić information content (AvgIpc) is 3.08. The van der Waals surface area contributed by atoms with Gasteiger partial charge in [-0.05, 0) is 38.5 Å². The predicted molar refractivity (Wildman–Crippen MR) is 98.1 cm³/mol. The van der Waals surface area contributed by atoms with E-state index >= 15 is 0 Å². The fourth-order valence-corrected chi connectivity index (χ4v) is 3.40. The van der Waals surface area contributed by atoms with Crippen LogP contribution in [0.25, 0.3) is 0 Å². The van der Waals surface area contributed by atoms with E-state index in [9.17, 15) is 14.3 Å². The van der Waals surface area contributed by atoms with E-state index in [4.69, 9.17) is 18.5 Å². The molecule has 2 rings (SSSR count). The Balaban J connectivity index is 2.03. The van der Waals surface area contributed by atoms with Gasteiger partial charge in [-0.15, -0.1) is 0 Å². The zero-order valence-electron chi connectivity index (χ0n) is 15.1. The van der Waals surface area contributed by atoms with E-state index in [1.165, 1.54) is 6.08 Å². The lowest BCUT2D eigenvalue weighted by Gasteiger charge is -2.19. The third kappa shape index (κ3) is 7.13. The summed E-state index contributed by atoms with van der Waals surface area (Å²) < 4.78 is 34.0.